The number of carbonyl (C=O) groups is 2. The van der Waals surface area contributed by atoms with Crippen molar-refractivity contribution >= 4 is 11.9 Å². The van der Waals surface area contributed by atoms with E-state index in [1.807, 2.05) is 12.2 Å². The molecular formula is C33H58O9. The van der Waals surface area contributed by atoms with Crippen LogP contribution in [0.1, 0.15) is 123 Å². The molecule has 1 unspecified atom stereocenters. The summed E-state index contributed by atoms with van der Waals surface area (Å²) >= 11 is 0. The first-order chi connectivity index (χ1) is 20.3. The first-order valence-electron chi connectivity index (χ1n) is 16.3. The summed E-state index contributed by atoms with van der Waals surface area (Å²) in [6, 6.07) is 0. The van der Waals surface area contributed by atoms with Gasteiger partial charge < -0.3 is 34.6 Å². The van der Waals surface area contributed by atoms with Crippen LogP contribution in [0.25, 0.3) is 0 Å². The molecule has 0 aromatic carbocycles. The first-order valence-corrected chi connectivity index (χ1v) is 16.3. The summed E-state index contributed by atoms with van der Waals surface area (Å²) in [6.45, 7) is 3.73. The number of aliphatic hydroxyl groups excluding tert-OH is 4. The Kier molecular flexibility index (Phi) is 22.4. The monoisotopic (exact) mass is 598 g/mol. The second-order valence-corrected chi connectivity index (χ2v) is 11.4. The van der Waals surface area contributed by atoms with Gasteiger partial charge in [0.2, 0.25) is 0 Å². The van der Waals surface area contributed by atoms with Gasteiger partial charge in [-0.15, -0.1) is 0 Å². The third-order valence-electron chi connectivity index (χ3n) is 7.54. The van der Waals surface area contributed by atoms with Crippen LogP contribution in [0, 0.1) is 5.92 Å². The summed E-state index contributed by atoms with van der Waals surface area (Å²) in [7, 11) is 0. The standard InChI is InChI=1S/C33H58O9/c1-3-5-7-8-9-10-15-19-31(37)40-25-27(24-34)41-32(38)20-16-12-11-14-18-28-29(36)23-33(39)42-30(28)22-21-26(35)17-13-6-4-2/h11,14,21-22,26-30,33-36,39H,3-10,12-13,15-20,23-25H2,1-2H3/b14-11-,22-21+/t26-,27-,28-,29-,30+,33?/m0/s1. The van der Waals surface area contributed by atoms with Crippen LogP contribution >= 0.6 is 0 Å². The van der Waals surface area contributed by atoms with E-state index in [0.29, 0.717) is 32.1 Å². The normalized spacial score (nSPS) is 22.4. The largest absolute Gasteiger partial charge is 0.462 e. The Balaban J connectivity index is 2.30. The van der Waals surface area contributed by atoms with Crippen molar-refractivity contribution < 1.29 is 44.2 Å². The van der Waals surface area contributed by atoms with E-state index in [2.05, 4.69) is 13.8 Å². The average molecular weight is 599 g/mol. The van der Waals surface area contributed by atoms with E-state index in [4.69, 9.17) is 14.2 Å². The molecule has 244 valence electrons. The number of carbonyl (C=O) groups excluding carboxylic acids is 2. The number of allylic oxidation sites excluding steroid dienone is 2. The number of hydrogen-bond acceptors (Lipinski definition) is 9. The van der Waals surface area contributed by atoms with Gasteiger partial charge in [-0.05, 0) is 32.1 Å². The lowest BCUT2D eigenvalue weighted by Crippen LogP contribution is -2.43. The van der Waals surface area contributed by atoms with Crippen LogP contribution in [0.5, 0.6) is 0 Å². The lowest BCUT2D eigenvalue weighted by atomic mass is 9.87. The Morgan fingerprint density at radius 2 is 1.57 bits per heavy atom. The van der Waals surface area contributed by atoms with Crippen molar-refractivity contribution in [2.75, 3.05) is 13.2 Å². The van der Waals surface area contributed by atoms with Gasteiger partial charge in [0, 0.05) is 25.2 Å². The number of aliphatic hydroxyl groups is 4. The molecule has 1 aliphatic rings. The van der Waals surface area contributed by atoms with Crippen LogP contribution < -0.4 is 0 Å². The minimum absolute atomic E-state index is 0.133. The van der Waals surface area contributed by atoms with E-state index in [-0.39, 0.29) is 31.3 Å². The SMILES string of the molecule is CCCCCCCCCC(=O)OC[C@H](CO)OC(=O)CCC/C=C\C[C@H]1[C@@H](O)CC(O)O[C@@H]1/C=C/[C@@H](O)CCCCC. The van der Waals surface area contributed by atoms with Gasteiger partial charge in [0.15, 0.2) is 12.4 Å². The minimum atomic E-state index is -1.05. The molecule has 9 nitrogen and oxygen atoms in total. The molecule has 9 heteroatoms. The van der Waals surface area contributed by atoms with Gasteiger partial charge in [-0.3, -0.25) is 9.59 Å². The molecule has 0 aliphatic carbocycles. The van der Waals surface area contributed by atoms with E-state index < -0.39 is 43.3 Å². The minimum Gasteiger partial charge on any atom is -0.462 e. The van der Waals surface area contributed by atoms with Gasteiger partial charge in [0.1, 0.15) is 6.61 Å². The highest BCUT2D eigenvalue weighted by Gasteiger charge is 2.35. The van der Waals surface area contributed by atoms with Crippen LogP contribution in [0.3, 0.4) is 0 Å². The zero-order valence-electron chi connectivity index (χ0n) is 26.0. The Morgan fingerprint density at radius 3 is 2.29 bits per heavy atom. The van der Waals surface area contributed by atoms with E-state index in [9.17, 15) is 30.0 Å². The fourth-order valence-electron chi connectivity index (χ4n) is 4.94. The quantitative estimate of drug-likeness (QED) is 0.0663. The van der Waals surface area contributed by atoms with E-state index in [1.165, 1.54) is 25.7 Å². The fourth-order valence-corrected chi connectivity index (χ4v) is 4.94. The number of hydrogen-bond donors (Lipinski definition) is 4. The average Bonchev–Trinajstić information content (AvgIpc) is 2.96. The molecule has 0 aromatic rings. The summed E-state index contributed by atoms with van der Waals surface area (Å²) in [4.78, 5) is 24.1. The molecule has 1 rings (SSSR count). The molecule has 0 saturated carbocycles. The molecule has 6 atom stereocenters. The lowest BCUT2D eigenvalue weighted by Gasteiger charge is -2.36. The van der Waals surface area contributed by atoms with Crippen molar-refractivity contribution in [2.45, 2.75) is 154 Å². The maximum Gasteiger partial charge on any atom is 0.306 e. The summed E-state index contributed by atoms with van der Waals surface area (Å²) in [5.41, 5.74) is 0. The van der Waals surface area contributed by atoms with E-state index in [0.717, 1.165) is 38.5 Å². The van der Waals surface area contributed by atoms with Gasteiger partial charge in [-0.2, -0.15) is 0 Å². The van der Waals surface area contributed by atoms with E-state index in [1.54, 1.807) is 12.2 Å². The van der Waals surface area contributed by atoms with E-state index >= 15 is 0 Å². The van der Waals surface area contributed by atoms with Gasteiger partial charge in [0.05, 0.1) is 24.9 Å². The summed E-state index contributed by atoms with van der Waals surface area (Å²) in [5, 5.41) is 40.1. The molecule has 4 N–H and O–H groups in total. The Morgan fingerprint density at radius 1 is 0.905 bits per heavy atom. The molecule has 0 radical (unpaired) electrons. The number of unbranched alkanes of at least 4 members (excludes halogenated alkanes) is 9. The number of ether oxygens (including phenoxy) is 3. The van der Waals surface area contributed by atoms with Crippen molar-refractivity contribution in [3.8, 4) is 0 Å². The topological polar surface area (TPSA) is 143 Å². The maximum atomic E-state index is 12.2. The second kappa shape index (κ2) is 24.6. The van der Waals surface area contributed by atoms with Gasteiger partial charge >= 0.3 is 11.9 Å². The van der Waals surface area contributed by atoms with Crippen molar-refractivity contribution in [1.29, 1.82) is 0 Å². The van der Waals surface area contributed by atoms with Crippen LogP contribution in [-0.4, -0.2) is 76.3 Å². The van der Waals surface area contributed by atoms with Crippen molar-refractivity contribution in [3.05, 3.63) is 24.3 Å². The number of esters is 2. The van der Waals surface area contributed by atoms with Crippen LogP contribution in [-0.2, 0) is 23.8 Å². The highest BCUT2D eigenvalue weighted by molar-refractivity contribution is 5.70. The predicted octanol–water partition coefficient (Wildman–Crippen LogP) is 5.27. The molecule has 0 spiro atoms. The summed E-state index contributed by atoms with van der Waals surface area (Å²) in [5.74, 6) is -1.06. The Labute approximate surface area is 253 Å². The van der Waals surface area contributed by atoms with Crippen LogP contribution in [0.15, 0.2) is 24.3 Å². The smallest absolute Gasteiger partial charge is 0.306 e. The van der Waals surface area contributed by atoms with Crippen molar-refractivity contribution in [3.63, 3.8) is 0 Å². The van der Waals surface area contributed by atoms with Gasteiger partial charge in [0.25, 0.3) is 0 Å². The fraction of sp³-hybridized carbons (Fsp3) is 0.818. The number of rotatable bonds is 24. The van der Waals surface area contributed by atoms with Crippen LogP contribution in [0.4, 0.5) is 0 Å². The molecule has 1 heterocycles. The molecule has 0 bridgehead atoms. The third kappa shape index (κ3) is 18.7. The zero-order chi connectivity index (χ0) is 31.0. The predicted molar refractivity (Wildman–Crippen MR) is 162 cm³/mol. The highest BCUT2D eigenvalue weighted by atomic mass is 16.6. The Bertz CT molecular complexity index is 754. The Hall–Kier alpha value is -1.78. The van der Waals surface area contributed by atoms with Crippen molar-refractivity contribution in [2.24, 2.45) is 5.92 Å². The molecule has 1 fully saturated rings. The molecule has 1 saturated heterocycles. The highest BCUT2D eigenvalue weighted by Crippen LogP contribution is 2.29. The lowest BCUT2D eigenvalue weighted by molar-refractivity contribution is -0.199. The van der Waals surface area contributed by atoms with Gasteiger partial charge in [-0.25, -0.2) is 0 Å². The zero-order valence-corrected chi connectivity index (χ0v) is 26.0. The van der Waals surface area contributed by atoms with Crippen LogP contribution in [0.2, 0.25) is 0 Å². The van der Waals surface area contributed by atoms with Gasteiger partial charge in [-0.1, -0.05) is 95.9 Å². The molecule has 0 amide bonds. The molecular weight excluding hydrogens is 540 g/mol. The third-order valence-corrected chi connectivity index (χ3v) is 7.54. The second-order valence-electron chi connectivity index (χ2n) is 11.4. The maximum absolute atomic E-state index is 12.2. The summed E-state index contributed by atoms with van der Waals surface area (Å²) < 4.78 is 16.1. The molecule has 1 aliphatic heterocycles. The molecule has 42 heavy (non-hydrogen) atoms. The summed E-state index contributed by atoms with van der Waals surface area (Å²) in [6.07, 6.45) is 17.3. The van der Waals surface area contributed by atoms with Crippen molar-refractivity contribution in [1.82, 2.24) is 0 Å². The molecule has 0 aromatic heterocycles. The first kappa shape index (κ1) is 38.2.